The third kappa shape index (κ3) is 1.89. The van der Waals surface area contributed by atoms with Crippen LogP contribution in [0, 0.1) is 17.1 Å². The molecule has 0 bridgehead atoms. The Morgan fingerprint density at radius 1 is 1.33 bits per heavy atom. The molecule has 0 spiro atoms. The minimum Gasteiger partial charge on any atom is -0.464 e. The number of benzene rings is 1. The van der Waals surface area contributed by atoms with E-state index in [0.29, 0.717) is 11.3 Å². The zero-order chi connectivity index (χ0) is 10.7. The standard InChI is InChI=1S/C12H8FNO/c13-11-4-3-10(8-9(11)5-6-14)12-2-1-7-15-12/h1-4,7-8H,5H2. The third-order valence-corrected chi connectivity index (χ3v) is 2.12. The fraction of sp³-hybridized carbons (Fsp3) is 0.0833. The molecule has 0 fully saturated rings. The van der Waals surface area contributed by atoms with Gasteiger partial charge in [0.05, 0.1) is 18.8 Å². The summed E-state index contributed by atoms with van der Waals surface area (Å²) in [5, 5.41) is 8.53. The molecular formula is C12H8FNO. The van der Waals surface area contributed by atoms with Gasteiger partial charge in [-0.05, 0) is 30.3 Å². The molecule has 15 heavy (non-hydrogen) atoms. The van der Waals surface area contributed by atoms with Crippen molar-refractivity contribution in [2.45, 2.75) is 6.42 Å². The molecule has 1 heterocycles. The Morgan fingerprint density at radius 2 is 2.20 bits per heavy atom. The molecule has 0 radical (unpaired) electrons. The summed E-state index contributed by atoms with van der Waals surface area (Å²) in [6.07, 6.45) is 1.63. The summed E-state index contributed by atoms with van der Waals surface area (Å²) in [4.78, 5) is 0. The van der Waals surface area contributed by atoms with E-state index in [9.17, 15) is 4.39 Å². The lowest BCUT2D eigenvalue weighted by Gasteiger charge is -2.01. The van der Waals surface area contributed by atoms with Crippen LogP contribution in [0.25, 0.3) is 11.3 Å². The van der Waals surface area contributed by atoms with Crippen LogP contribution < -0.4 is 0 Å². The summed E-state index contributed by atoms with van der Waals surface area (Å²) in [7, 11) is 0. The molecule has 0 aliphatic rings. The molecular weight excluding hydrogens is 193 g/mol. The number of rotatable bonds is 2. The number of hydrogen-bond acceptors (Lipinski definition) is 2. The van der Waals surface area contributed by atoms with Crippen LogP contribution in [0.5, 0.6) is 0 Å². The van der Waals surface area contributed by atoms with E-state index in [1.807, 2.05) is 6.07 Å². The van der Waals surface area contributed by atoms with Gasteiger partial charge in [-0.3, -0.25) is 0 Å². The zero-order valence-corrected chi connectivity index (χ0v) is 7.90. The molecule has 0 amide bonds. The van der Waals surface area contributed by atoms with E-state index in [1.54, 1.807) is 30.5 Å². The molecule has 0 atom stereocenters. The second-order valence-electron chi connectivity index (χ2n) is 3.12. The molecule has 2 aromatic rings. The molecule has 2 rings (SSSR count). The van der Waals surface area contributed by atoms with E-state index in [2.05, 4.69) is 0 Å². The maximum atomic E-state index is 13.2. The van der Waals surface area contributed by atoms with E-state index >= 15 is 0 Å². The molecule has 0 aliphatic heterocycles. The topological polar surface area (TPSA) is 36.9 Å². The SMILES string of the molecule is N#CCc1cc(-c2ccco2)ccc1F. The fourth-order valence-corrected chi connectivity index (χ4v) is 1.39. The number of nitrogens with zero attached hydrogens (tertiary/aromatic N) is 1. The summed E-state index contributed by atoms with van der Waals surface area (Å²) in [6, 6.07) is 10.1. The normalized spacial score (nSPS) is 9.87. The summed E-state index contributed by atoms with van der Waals surface area (Å²) in [5.41, 5.74) is 1.18. The molecule has 0 saturated heterocycles. The summed E-state index contributed by atoms with van der Waals surface area (Å²) >= 11 is 0. The van der Waals surface area contributed by atoms with Crippen LogP contribution in [0.4, 0.5) is 4.39 Å². The highest BCUT2D eigenvalue weighted by Crippen LogP contribution is 2.22. The van der Waals surface area contributed by atoms with Gasteiger partial charge in [-0.15, -0.1) is 0 Å². The predicted molar refractivity (Wildman–Crippen MR) is 53.4 cm³/mol. The van der Waals surface area contributed by atoms with Crippen molar-refractivity contribution in [3.63, 3.8) is 0 Å². The van der Waals surface area contributed by atoms with Gasteiger partial charge in [-0.25, -0.2) is 4.39 Å². The van der Waals surface area contributed by atoms with E-state index < -0.39 is 0 Å². The van der Waals surface area contributed by atoms with Crippen LogP contribution >= 0.6 is 0 Å². The average Bonchev–Trinajstić information content (AvgIpc) is 2.75. The summed E-state index contributed by atoms with van der Waals surface area (Å²) in [6.45, 7) is 0. The smallest absolute Gasteiger partial charge is 0.133 e. The first-order valence-electron chi connectivity index (χ1n) is 4.50. The van der Waals surface area contributed by atoms with E-state index in [1.165, 1.54) is 6.07 Å². The van der Waals surface area contributed by atoms with Gasteiger partial charge < -0.3 is 4.42 Å². The minimum atomic E-state index is -0.355. The zero-order valence-electron chi connectivity index (χ0n) is 7.90. The lowest BCUT2D eigenvalue weighted by molar-refractivity contribution is 0.581. The molecule has 74 valence electrons. The first-order chi connectivity index (χ1) is 7.31. The quantitative estimate of drug-likeness (QED) is 0.748. The van der Waals surface area contributed by atoms with Crippen molar-refractivity contribution in [2.75, 3.05) is 0 Å². The highest BCUT2D eigenvalue weighted by atomic mass is 19.1. The Hall–Kier alpha value is -2.08. The number of hydrogen-bond donors (Lipinski definition) is 0. The molecule has 0 unspecified atom stereocenters. The minimum absolute atomic E-state index is 0.0698. The first-order valence-corrected chi connectivity index (χ1v) is 4.50. The lowest BCUT2D eigenvalue weighted by atomic mass is 10.1. The van der Waals surface area contributed by atoms with Crippen molar-refractivity contribution in [3.05, 3.63) is 48.0 Å². The highest BCUT2D eigenvalue weighted by molar-refractivity contribution is 5.58. The molecule has 0 aliphatic carbocycles. The second kappa shape index (κ2) is 3.97. The molecule has 0 saturated carbocycles. The Morgan fingerprint density at radius 3 is 2.87 bits per heavy atom. The number of furan rings is 1. The van der Waals surface area contributed by atoms with E-state index in [-0.39, 0.29) is 12.2 Å². The van der Waals surface area contributed by atoms with E-state index in [0.717, 1.165) is 5.56 Å². The van der Waals surface area contributed by atoms with Crippen molar-refractivity contribution in [1.82, 2.24) is 0 Å². The van der Waals surface area contributed by atoms with E-state index in [4.69, 9.17) is 9.68 Å². The van der Waals surface area contributed by atoms with Gasteiger partial charge in [0, 0.05) is 11.1 Å². The molecule has 1 aromatic carbocycles. The Bertz CT molecular complexity index is 497. The van der Waals surface area contributed by atoms with Gasteiger partial charge in [0.2, 0.25) is 0 Å². The van der Waals surface area contributed by atoms with Gasteiger partial charge in [0.1, 0.15) is 11.6 Å². The average molecular weight is 201 g/mol. The van der Waals surface area contributed by atoms with Gasteiger partial charge >= 0.3 is 0 Å². The lowest BCUT2D eigenvalue weighted by Crippen LogP contribution is -1.89. The highest BCUT2D eigenvalue weighted by Gasteiger charge is 2.06. The van der Waals surface area contributed by atoms with Crippen LogP contribution in [-0.2, 0) is 6.42 Å². The molecule has 0 N–H and O–H groups in total. The Labute approximate surface area is 86.6 Å². The van der Waals surface area contributed by atoms with Crippen LogP contribution in [0.2, 0.25) is 0 Å². The largest absolute Gasteiger partial charge is 0.464 e. The van der Waals surface area contributed by atoms with Gasteiger partial charge in [-0.1, -0.05) is 0 Å². The molecule has 1 aromatic heterocycles. The van der Waals surface area contributed by atoms with Crippen molar-refractivity contribution in [2.24, 2.45) is 0 Å². The molecule has 2 nitrogen and oxygen atoms in total. The van der Waals surface area contributed by atoms with Gasteiger partial charge in [-0.2, -0.15) is 5.26 Å². The second-order valence-corrected chi connectivity index (χ2v) is 3.12. The van der Waals surface area contributed by atoms with Crippen molar-refractivity contribution in [1.29, 1.82) is 5.26 Å². The monoisotopic (exact) mass is 201 g/mol. The summed E-state index contributed by atoms with van der Waals surface area (Å²) < 4.78 is 18.4. The first kappa shape index (κ1) is 9.47. The maximum absolute atomic E-state index is 13.2. The predicted octanol–water partition coefficient (Wildman–Crippen LogP) is 3.15. The number of nitriles is 1. The van der Waals surface area contributed by atoms with Crippen molar-refractivity contribution < 1.29 is 8.81 Å². The Kier molecular flexibility index (Phi) is 2.51. The maximum Gasteiger partial charge on any atom is 0.133 e. The Balaban J connectivity index is 2.44. The van der Waals surface area contributed by atoms with Crippen LogP contribution in [0.3, 0.4) is 0 Å². The van der Waals surface area contributed by atoms with Crippen LogP contribution in [0.1, 0.15) is 5.56 Å². The van der Waals surface area contributed by atoms with Crippen molar-refractivity contribution in [3.8, 4) is 17.4 Å². The van der Waals surface area contributed by atoms with Gasteiger partial charge in [0.15, 0.2) is 0 Å². The molecule has 3 heteroatoms. The summed E-state index contributed by atoms with van der Waals surface area (Å²) in [5.74, 6) is 0.320. The van der Waals surface area contributed by atoms with Crippen LogP contribution in [0.15, 0.2) is 41.0 Å². The van der Waals surface area contributed by atoms with Gasteiger partial charge in [0.25, 0.3) is 0 Å². The fourth-order valence-electron chi connectivity index (χ4n) is 1.39. The third-order valence-electron chi connectivity index (χ3n) is 2.12. The number of halogens is 1. The van der Waals surface area contributed by atoms with Crippen molar-refractivity contribution >= 4 is 0 Å². The van der Waals surface area contributed by atoms with Crippen LogP contribution in [-0.4, -0.2) is 0 Å².